The van der Waals surface area contributed by atoms with E-state index in [1.54, 1.807) is 0 Å². The summed E-state index contributed by atoms with van der Waals surface area (Å²) in [6.45, 7) is 7.11. The predicted octanol–water partition coefficient (Wildman–Crippen LogP) is 3.84. The third kappa shape index (κ3) is 4.42. The van der Waals surface area contributed by atoms with Crippen molar-refractivity contribution in [2.75, 3.05) is 0 Å². The summed E-state index contributed by atoms with van der Waals surface area (Å²) >= 11 is 0. The second-order valence-electron chi connectivity index (χ2n) is 5.99. The topological polar surface area (TPSA) is 32.3 Å². The third-order valence-electron chi connectivity index (χ3n) is 3.86. The fourth-order valence-corrected chi connectivity index (χ4v) is 2.51. The Hall–Kier alpha value is -1.64. The molecule has 21 heavy (non-hydrogen) atoms. The van der Waals surface area contributed by atoms with E-state index in [9.17, 15) is 5.11 Å². The van der Waals surface area contributed by atoms with Crippen LogP contribution in [0.2, 0.25) is 0 Å². The number of aliphatic hydroxyl groups is 1. The molecular formula is C19H25NO. The normalized spacial score (nSPS) is 14.1. The third-order valence-corrected chi connectivity index (χ3v) is 3.86. The van der Waals surface area contributed by atoms with Crippen LogP contribution in [0.3, 0.4) is 0 Å². The summed E-state index contributed by atoms with van der Waals surface area (Å²) < 4.78 is 0. The molecule has 2 aromatic rings. The SMILES string of the molecule is Cc1ccc(C(O)C(NCc2ccccc2)C(C)C)cc1. The van der Waals surface area contributed by atoms with Crippen LogP contribution in [0.15, 0.2) is 54.6 Å². The maximum absolute atomic E-state index is 10.7. The number of aryl methyl sites for hydroxylation is 1. The first-order chi connectivity index (χ1) is 10.1. The van der Waals surface area contributed by atoms with Crippen LogP contribution in [0.5, 0.6) is 0 Å². The molecule has 2 nitrogen and oxygen atoms in total. The monoisotopic (exact) mass is 283 g/mol. The molecule has 0 radical (unpaired) electrons. The predicted molar refractivity (Wildman–Crippen MR) is 88.0 cm³/mol. The van der Waals surface area contributed by atoms with Gasteiger partial charge in [0.1, 0.15) is 0 Å². The number of hydrogen-bond acceptors (Lipinski definition) is 2. The van der Waals surface area contributed by atoms with Gasteiger partial charge in [0.05, 0.1) is 6.10 Å². The zero-order valence-electron chi connectivity index (χ0n) is 13.1. The van der Waals surface area contributed by atoms with Crippen molar-refractivity contribution in [3.05, 3.63) is 71.3 Å². The summed E-state index contributed by atoms with van der Waals surface area (Å²) in [6, 6.07) is 18.5. The lowest BCUT2D eigenvalue weighted by Gasteiger charge is -2.28. The minimum Gasteiger partial charge on any atom is -0.387 e. The molecule has 0 spiro atoms. The van der Waals surface area contributed by atoms with Crippen LogP contribution in [0, 0.1) is 12.8 Å². The Morgan fingerprint density at radius 3 is 2.14 bits per heavy atom. The second-order valence-corrected chi connectivity index (χ2v) is 5.99. The van der Waals surface area contributed by atoms with Crippen molar-refractivity contribution in [2.24, 2.45) is 5.92 Å². The Morgan fingerprint density at radius 2 is 1.57 bits per heavy atom. The van der Waals surface area contributed by atoms with Gasteiger partial charge in [-0.1, -0.05) is 74.0 Å². The van der Waals surface area contributed by atoms with Crippen LogP contribution in [-0.2, 0) is 6.54 Å². The second kappa shape index (κ2) is 7.39. The molecule has 112 valence electrons. The molecular weight excluding hydrogens is 258 g/mol. The summed E-state index contributed by atoms with van der Waals surface area (Å²) in [5.74, 6) is 0.352. The van der Waals surface area contributed by atoms with Gasteiger partial charge in [0, 0.05) is 12.6 Å². The van der Waals surface area contributed by atoms with E-state index in [1.165, 1.54) is 11.1 Å². The number of rotatable bonds is 6. The largest absolute Gasteiger partial charge is 0.387 e. The smallest absolute Gasteiger partial charge is 0.0945 e. The summed E-state index contributed by atoms with van der Waals surface area (Å²) in [5.41, 5.74) is 3.42. The van der Waals surface area contributed by atoms with Gasteiger partial charge in [-0.15, -0.1) is 0 Å². The number of benzene rings is 2. The highest BCUT2D eigenvalue weighted by Gasteiger charge is 2.23. The van der Waals surface area contributed by atoms with Crippen LogP contribution in [0.1, 0.15) is 36.6 Å². The fraction of sp³-hybridized carbons (Fsp3) is 0.368. The molecule has 0 heterocycles. The maximum Gasteiger partial charge on any atom is 0.0945 e. The average Bonchev–Trinajstić information content (AvgIpc) is 2.48. The highest BCUT2D eigenvalue weighted by molar-refractivity contribution is 5.24. The molecule has 2 unspecified atom stereocenters. The molecule has 2 rings (SSSR count). The molecule has 0 saturated heterocycles. The fourth-order valence-electron chi connectivity index (χ4n) is 2.51. The average molecular weight is 283 g/mol. The molecule has 0 bridgehead atoms. The molecule has 0 aliphatic carbocycles. The first kappa shape index (κ1) is 15.7. The lowest BCUT2D eigenvalue weighted by Crippen LogP contribution is -2.38. The van der Waals surface area contributed by atoms with E-state index in [2.05, 4.69) is 38.2 Å². The highest BCUT2D eigenvalue weighted by atomic mass is 16.3. The summed E-state index contributed by atoms with van der Waals surface area (Å²) in [7, 11) is 0. The number of nitrogens with one attached hydrogen (secondary N) is 1. The first-order valence-electron chi connectivity index (χ1n) is 7.60. The molecule has 2 atom stereocenters. The molecule has 0 amide bonds. The van der Waals surface area contributed by atoms with Gasteiger partial charge < -0.3 is 10.4 Å². The van der Waals surface area contributed by atoms with Gasteiger partial charge in [-0.3, -0.25) is 0 Å². The van der Waals surface area contributed by atoms with Crippen molar-refractivity contribution in [3.63, 3.8) is 0 Å². The zero-order valence-corrected chi connectivity index (χ0v) is 13.1. The molecule has 0 aliphatic rings. The lowest BCUT2D eigenvalue weighted by atomic mass is 9.92. The summed E-state index contributed by atoms with van der Waals surface area (Å²) in [6.07, 6.45) is -0.491. The van der Waals surface area contributed by atoms with Crippen molar-refractivity contribution in [2.45, 2.75) is 39.5 Å². The van der Waals surface area contributed by atoms with Crippen LogP contribution in [-0.4, -0.2) is 11.1 Å². The molecule has 2 N–H and O–H groups in total. The van der Waals surface area contributed by atoms with Gasteiger partial charge in [0.2, 0.25) is 0 Å². The van der Waals surface area contributed by atoms with Crippen LogP contribution < -0.4 is 5.32 Å². The lowest BCUT2D eigenvalue weighted by molar-refractivity contribution is 0.104. The number of aliphatic hydroxyl groups excluding tert-OH is 1. The maximum atomic E-state index is 10.7. The van der Waals surface area contributed by atoms with Gasteiger partial charge in [-0.2, -0.15) is 0 Å². The van der Waals surface area contributed by atoms with E-state index >= 15 is 0 Å². The van der Waals surface area contributed by atoms with E-state index in [-0.39, 0.29) is 6.04 Å². The minimum atomic E-state index is -0.491. The number of hydrogen-bond donors (Lipinski definition) is 2. The van der Waals surface area contributed by atoms with E-state index in [0.29, 0.717) is 5.92 Å². The van der Waals surface area contributed by atoms with Gasteiger partial charge in [-0.05, 0) is 24.0 Å². The van der Waals surface area contributed by atoms with Crippen molar-refractivity contribution in [3.8, 4) is 0 Å². The van der Waals surface area contributed by atoms with Gasteiger partial charge in [-0.25, -0.2) is 0 Å². The van der Waals surface area contributed by atoms with Crippen LogP contribution >= 0.6 is 0 Å². The molecule has 0 fully saturated rings. The van der Waals surface area contributed by atoms with Crippen molar-refractivity contribution in [1.82, 2.24) is 5.32 Å². The van der Waals surface area contributed by atoms with Crippen molar-refractivity contribution >= 4 is 0 Å². The van der Waals surface area contributed by atoms with Crippen LogP contribution in [0.4, 0.5) is 0 Å². The van der Waals surface area contributed by atoms with Crippen LogP contribution in [0.25, 0.3) is 0 Å². The van der Waals surface area contributed by atoms with Gasteiger partial charge in [0.15, 0.2) is 0 Å². The van der Waals surface area contributed by atoms with E-state index in [0.717, 1.165) is 12.1 Å². The summed E-state index contributed by atoms with van der Waals surface area (Å²) in [5, 5.41) is 14.2. The highest BCUT2D eigenvalue weighted by Crippen LogP contribution is 2.22. The van der Waals surface area contributed by atoms with Crippen molar-refractivity contribution < 1.29 is 5.11 Å². The first-order valence-corrected chi connectivity index (χ1v) is 7.60. The molecule has 2 aromatic carbocycles. The Labute approximate surface area is 127 Å². The van der Waals surface area contributed by atoms with E-state index in [4.69, 9.17) is 0 Å². The molecule has 0 saturated carbocycles. The Kier molecular flexibility index (Phi) is 5.54. The Bertz CT molecular complexity index is 533. The quantitative estimate of drug-likeness (QED) is 0.844. The summed E-state index contributed by atoms with van der Waals surface area (Å²) in [4.78, 5) is 0. The standard InChI is InChI=1S/C19H25NO/c1-14(2)18(20-13-16-7-5-4-6-8-16)19(21)17-11-9-15(3)10-12-17/h4-12,14,18-21H,13H2,1-3H3. The molecule has 2 heteroatoms. The van der Waals surface area contributed by atoms with Gasteiger partial charge >= 0.3 is 0 Å². The zero-order chi connectivity index (χ0) is 15.2. The van der Waals surface area contributed by atoms with Crippen molar-refractivity contribution in [1.29, 1.82) is 0 Å². The molecule has 0 aliphatic heterocycles. The Balaban J connectivity index is 2.06. The van der Waals surface area contributed by atoms with Gasteiger partial charge in [0.25, 0.3) is 0 Å². The van der Waals surface area contributed by atoms with E-state index in [1.807, 2.05) is 42.5 Å². The van der Waals surface area contributed by atoms with E-state index < -0.39 is 6.10 Å². The minimum absolute atomic E-state index is 0.0351. The Morgan fingerprint density at radius 1 is 0.952 bits per heavy atom. The molecule has 0 aromatic heterocycles.